The Kier molecular flexibility index (Phi) is 5.73. The summed E-state index contributed by atoms with van der Waals surface area (Å²) in [6.45, 7) is 0.724. The molecule has 2 N–H and O–H groups in total. The highest BCUT2D eigenvalue weighted by Crippen LogP contribution is 2.26. The van der Waals surface area contributed by atoms with E-state index in [1.807, 2.05) is 18.2 Å². The minimum atomic E-state index is -0.135. The molecule has 4 heteroatoms. The molecule has 0 radical (unpaired) electrons. The smallest absolute Gasteiger partial charge is 0.220 e. The lowest BCUT2D eigenvalue weighted by atomic mass is 9.82. The molecule has 0 saturated heterocycles. The van der Waals surface area contributed by atoms with Crippen molar-refractivity contribution >= 4 is 17.7 Å². The van der Waals surface area contributed by atoms with Gasteiger partial charge in [0, 0.05) is 17.9 Å². The predicted octanol–water partition coefficient (Wildman–Crippen LogP) is 2.45. The molecule has 1 aliphatic carbocycles. The van der Waals surface area contributed by atoms with Crippen LogP contribution in [0.15, 0.2) is 35.2 Å². The van der Waals surface area contributed by atoms with Gasteiger partial charge in [-0.3, -0.25) is 4.79 Å². The first-order valence-electron chi connectivity index (χ1n) is 6.86. The molecular weight excluding hydrogens is 258 g/mol. The molecule has 104 valence electrons. The van der Waals surface area contributed by atoms with Crippen LogP contribution in [-0.2, 0) is 4.79 Å². The third-order valence-electron chi connectivity index (χ3n) is 3.36. The summed E-state index contributed by atoms with van der Waals surface area (Å²) >= 11 is 1.79. The van der Waals surface area contributed by atoms with Crippen molar-refractivity contribution < 1.29 is 9.90 Å². The van der Waals surface area contributed by atoms with Crippen molar-refractivity contribution in [3.63, 3.8) is 0 Å². The van der Waals surface area contributed by atoms with E-state index in [0.717, 1.165) is 31.6 Å². The van der Waals surface area contributed by atoms with Crippen molar-refractivity contribution in [2.24, 2.45) is 5.92 Å². The molecule has 0 bridgehead atoms. The summed E-state index contributed by atoms with van der Waals surface area (Å²) in [5.41, 5.74) is 0. The number of rotatable bonds is 7. The van der Waals surface area contributed by atoms with Crippen molar-refractivity contribution in [1.29, 1.82) is 0 Å². The molecule has 3 nitrogen and oxygen atoms in total. The van der Waals surface area contributed by atoms with Crippen LogP contribution in [0.3, 0.4) is 0 Å². The van der Waals surface area contributed by atoms with Gasteiger partial charge in [-0.1, -0.05) is 18.2 Å². The standard InChI is InChI=1S/C15H21NO2S/c17-13-9-12(10-13)11-16-15(18)7-4-8-19-14-5-2-1-3-6-14/h1-3,5-6,12-13,17H,4,7-11H2,(H,16,18). The second kappa shape index (κ2) is 7.56. The normalized spacial score (nSPS) is 21.7. The fraction of sp³-hybridized carbons (Fsp3) is 0.533. The van der Waals surface area contributed by atoms with Gasteiger partial charge in [-0.15, -0.1) is 11.8 Å². The number of carbonyl (C=O) groups is 1. The van der Waals surface area contributed by atoms with Gasteiger partial charge >= 0.3 is 0 Å². The SMILES string of the molecule is O=C(CCCSc1ccccc1)NCC1CC(O)C1. The van der Waals surface area contributed by atoms with Crippen molar-refractivity contribution in [3.8, 4) is 0 Å². The molecule has 1 aliphatic rings. The minimum Gasteiger partial charge on any atom is -0.393 e. The first-order chi connectivity index (χ1) is 9.24. The number of nitrogens with one attached hydrogen (secondary N) is 1. The van der Waals surface area contributed by atoms with Gasteiger partial charge in [0.25, 0.3) is 0 Å². The molecule has 2 rings (SSSR count). The van der Waals surface area contributed by atoms with Gasteiger partial charge in [0.15, 0.2) is 0 Å². The van der Waals surface area contributed by atoms with Gasteiger partial charge in [-0.2, -0.15) is 0 Å². The molecule has 1 saturated carbocycles. The summed E-state index contributed by atoms with van der Waals surface area (Å²) in [7, 11) is 0. The van der Waals surface area contributed by atoms with E-state index in [2.05, 4.69) is 17.4 Å². The van der Waals surface area contributed by atoms with Gasteiger partial charge in [-0.25, -0.2) is 0 Å². The van der Waals surface area contributed by atoms with Gasteiger partial charge in [0.05, 0.1) is 6.10 Å². The molecule has 0 heterocycles. The monoisotopic (exact) mass is 279 g/mol. The number of aliphatic hydroxyl groups excluding tert-OH is 1. The molecule has 1 aromatic carbocycles. The van der Waals surface area contributed by atoms with Crippen LogP contribution in [0.4, 0.5) is 0 Å². The molecule has 19 heavy (non-hydrogen) atoms. The van der Waals surface area contributed by atoms with Crippen LogP contribution in [0.1, 0.15) is 25.7 Å². The number of benzene rings is 1. The van der Waals surface area contributed by atoms with Crippen LogP contribution in [0.2, 0.25) is 0 Å². The molecule has 0 aromatic heterocycles. The Balaban J connectivity index is 1.50. The van der Waals surface area contributed by atoms with Crippen LogP contribution in [-0.4, -0.2) is 29.4 Å². The third-order valence-corrected chi connectivity index (χ3v) is 4.46. The summed E-state index contributed by atoms with van der Waals surface area (Å²) in [6, 6.07) is 10.2. The zero-order chi connectivity index (χ0) is 13.5. The fourth-order valence-electron chi connectivity index (χ4n) is 2.15. The first kappa shape index (κ1) is 14.4. The molecule has 1 fully saturated rings. The Morgan fingerprint density at radius 1 is 1.32 bits per heavy atom. The highest BCUT2D eigenvalue weighted by Gasteiger charge is 2.26. The molecule has 0 atom stereocenters. The lowest BCUT2D eigenvalue weighted by Gasteiger charge is -2.31. The number of hydrogen-bond acceptors (Lipinski definition) is 3. The van der Waals surface area contributed by atoms with E-state index >= 15 is 0 Å². The summed E-state index contributed by atoms with van der Waals surface area (Å²) in [5.74, 6) is 1.59. The van der Waals surface area contributed by atoms with E-state index in [1.165, 1.54) is 4.90 Å². The van der Waals surface area contributed by atoms with E-state index in [9.17, 15) is 4.79 Å². The lowest BCUT2D eigenvalue weighted by Crippen LogP contribution is -2.38. The number of amides is 1. The van der Waals surface area contributed by atoms with E-state index in [1.54, 1.807) is 11.8 Å². The Labute approximate surface area is 118 Å². The summed E-state index contributed by atoms with van der Waals surface area (Å²) < 4.78 is 0. The predicted molar refractivity (Wildman–Crippen MR) is 78.1 cm³/mol. The Hall–Kier alpha value is -1.00. The van der Waals surface area contributed by atoms with Gasteiger partial charge in [0.2, 0.25) is 5.91 Å². The van der Waals surface area contributed by atoms with Crippen LogP contribution in [0, 0.1) is 5.92 Å². The Morgan fingerprint density at radius 2 is 2.05 bits per heavy atom. The van der Waals surface area contributed by atoms with Crippen LogP contribution >= 0.6 is 11.8 Å². The lowest BCUT2D eigenvalue weighted by molar-refractivity contribution is -0.121. The van der Waals surface area contributed by atoms with Crippen molar-refractivity contribution in [2.75, 3.05) is 12.3 Å². The van der Waals surface area contributed by atoms with E-state index in [-0.39, 0.29) is 12.0 Å². The van der Waals surface area contributed by atoms with E-state index in [0.29, 0.717) is 12.3 Å². The van der Waals surface area contributed by atoms with E-state index < -0.39 is 0 Å². The van der Waals surface area contributed by atoms with Gasteiger partial charge < -0.3 is 10.4 Å². The minimum absolute atomic E-state index is 0.134. The zero-order valence-electron chi connectivity index (χ0n) is 11.0. The second-order valence-corrected chi connectivity index (χ2v) is 6.23. The highest BCUT2D eigenvalue weighted by atomic mass is 32.2. The summed E-state index contributed by atoms with van der Waals surface area (Å²) in [6.07, 6.45) is 3.03. The fourth-order valence-corrected chi connectivity index (χ4v) is 3.03. The third kappa shape index (κ3) is 5.25. The van der Waals surface area contributed by atoms with Gasteiger partial charge in [0.1, 0.15) is 0 Å². The summed E-state index contributed by atoms with van der Waals surface area (Å²) in [4.78, 5) is 12.9. The highest BCUT2D eigenvalue weighted by molar-refractivity contribution is 7.99. The average molecular weight is 279 g/mol. The topological polar surface area (TPSA) is 49.3 Å². The second-order valence-electron chi connectivity index (χ2n) is 5.06. The maximum Gasteiger partial charge on any atom is 0.220 e. The zero-order valence-corrected chi connectivity index (χ0v) is 11.9. The number of hydrogen-bond donors (Lipinski definition) is 2. The van der Waals surface area contributed by atoms with Crippen molar-refractivity contribution in [1.82, 2.24) is 5.32 Å². The Morgan fingerprint density at radius 3 is 2.74 bits per heavy atom. The molecule has 0 unspecified atom stereocenters. The Bertz CT molecular complexity index is 390. The van der Waals surface area contributed by atoms with Crippen LogP contribution in [0.5, 0.6) is 0 Å². The first-order valence-corrected chi connectivity index (χ1v) is 7.85. The van der Waals surface area contributed by atoms with Crippen LogP contribution in [0.25, 0.3) is 0 Å². The summed E-state index contributed by atoms with van der Waals surface area (Å²) in [5, 5.41) is 12.1. The molecular formula is C15H21NO2S. The average Bonchev–Trinajstić information content (AvgIpc) is 2.40. The maximum atomic E-state index is 11.6. The van der Waals surface area contributed by atoms with Crippen molar-refractivity contribution in [2.45, 2.75) is 36.7 Å². The number of aliphatic hydroxyl groups is 1. The maximum absolute atomic E-state index is 11.6. The quantitative estimate of drug-likeness (QED) is 0.595. The molecule has 1 aromatic rings. The number of thioether (sulfide) groups is 1. The molecule has 1 amide bonds. The largest absolute Gasteiger partial charge is 0.393 e. The molecule has 0 spiro atoms. The van der Waals surface area contributed by atoms with E-state index in [4.69, 9.17) is 5.11 Å². The number of carbonyl (C=O) groups excluding carboxylic acids is 1. The van der Waals surface area contributed by atoms with Crippen LogP contribution < -0.4 is 5.32 Å². The molecule has 0 aliphatic heterocycles. The van der Waals surface area contributed by atoms with Gasteiger partial charge in [-0.05, 0) is 43.1 Å². The van der Waals surface area contributed by atoms with Crippen molar-refractivity contribution in [3.05, 3.63) is 30.3 Å².